The van der Waals surface area contributed by atoms with Crippen molar-refractivity contribution in [3.05, 3.63) is 58.6 Å². The fraction of sp³-hybridized carbons (Fsp3) is 0.143. The largest absolute Gasteiger partial charge is 0.399 e. The summed E-state index contributed by atoms with van der Waals surface area (Å²) < 4.78 is 27.3. The van der Waals surface area contributed by atoms with Gasteiger partial charge in [-0.15, -0.1) is 0 Å². The summed E-state index contributed by atoms with van der Waals surface area (Å²) in [6.45, 7) is 1.79. The molecule has 0 fully saturated rings. The number of nitrogens with one attached hydrogen (secondary N) is 1. The Morgan fingerprint density at radius 1 is 1.16 bits per heavy atom. The SMILES string of the molecule is CC(Nc1c(F)cc(N)cc1F)c1cccc(Cl)c1. The molecule has 0 saturated heterocycles. The molecule has 19 heavy (non-hydrogen) atoms. The summed E-state index contributed by atoms with van der Waals surface area (Å²) in [6.07, 6.45) is 0. The van der Waals surface area contributed by atoms with E-state index >= 15 is 0 Å². The summed E-state index contributed by atoms with van der Waals surface area (Å²) in [5.74, 6) is -1.43. The molecule has 1 unspecified atom stereocenters. The lowest BCUT2D eigenvalue weighted by molar-refractivity contribution is 0.585. The molecular formula is C14H13ClF2N2. The molecule has 2 rings (SSSR count). The number of hydrogen-bond donors (Lipinski definition) is 2. The van der Waals surface area contributed by atoms with E-state index in [-0.39, 0.29) is 17.4 Å². The minimum absolute atomic E-state index is 0.0518. The molecule has 2 aromatic carbocycles. The third-order valence-electron chi connectivity index (χ3n) is 2.77. The van der Waals surface area contributed by atoms with Crippen LogP contribution in [0.1, 0.15) is 18.5 Å². The zero-order chi connectivity index (χ0) is 14.0. The molecule has 0 aliphatic carbocycles. The van der Waals surface area contributed by atoms with Gasteiger partial charge in [-0.05, 0) is 36.8 Å². The standard InChI is InChI=1S/C14H13ClF2N2/c1-8(9-3-2-4-10(15)5-9)19-14-12(16)6-11(18)7-13(14)17/h2-8,19H,18H2,1H3. The summed E-state index contributed by atoms with van der Waals surface area (Å²) in [5, 5.41) is 3.36. The first kappa shape index (κ1) is 13.6. The summed E-state index contributed by atoms with van der Waals surface area (Å²) in [7, 11) is 0. The molecule has 0 aliphatic heterocycles. The van der Waals surface area contributed by atoms with Crippen molar-refractivity contribution >= 4 is 23.0 Å². The molecule has 0 aliphatic rings. The zero-order valence-electron chi connectivity index (χ0n) is 10.3. The summed E-state index contributed by atoms with van der Waals surface area (Å²) in [6, 6.07) is 8.97. The first-order valence-electron chi connectivity index (χ1n) is 5.74. The second-order valence-corrected chi connectivity index (χ2v) is 4.72. The van der Waals surface area contributed by atoms with E-state index in [1.807, 2.05) is 6.07 Å². The van der Waals surface area contributed by atoms with Gasteiger partial charge in [0.15, 0.2) is 11.6 Å². The minimum Gasteiger partial charge on any atom is -0.399 e. The Labute approximate surface area is 115 Å². The molecule has 0 radical (unpaired) electrons. The van der Waals surface area contributed by atoms with Gasteiger partial charge in [0.05, 0.1) is 0 Å². The molecule has 3 N–H and O–H groups in total. The first-order chi connectivity index (χ1) is 8.97. The normalized spacial score (nSPS) is 12.2. The van der Waals surface area contributed by atoms with Crippen LogP contribution in [0.25, 0.3) is 0 Å². The molecule has 2 nitrogen and oxygen atoms in total. The van der Waals surface area contributed by atoms with Gasteiger partial charge in [-0.1, -0.05) is 23.7 Å². The molecule has 0 amide bonds. The highest BCUT2D eigenvalue weighted by atomic mass is 35.5. The Morgan fingerprint density at radius 2 is 1.79 bits per heavy atom. The van der Waals surface area contributed by atoms with Crippen LogP contribution in [-0.2, 0) is 0 Å². The highest BCUT2D eigenvalue weighted by Crippen LogP contribution is 2.27. The van der Waals surface area contributed by atoms with Crippen molar-refractivity contribution in [2.45, 2.75) is 13.0 Å². The van der Waals surface area contributed by atoms with Gasteiger partial charge in [0.2, 0.25) is 0 Å². The molecule has 5 heteroatoms. The number of anilines is 2. The van der Waals surface area contributed by atoms with Crippen LogP contribution in [0.2, 0.25) is 5.02 Å². The number of hydrogen-bond acceptors (Lipinski definition) is 2. The second kappa shape index (κ2) is 5.45. The molecule has 0 aromatic heterocycles. The van der Waals surface area contributed by atoms with Gasteiger partial charge in [0, 0.05) is 16.8 Å². The quantitative estimate of drug-likeness (QED) is 0.820. The van der Waals surface area contributed by atoms with E-state index in [0.29, 0.717) is 5.02 Å². The van der Waals surface area contributed by atoms with E-state index in [2.05, 4.69) is 5.32 Å². The van der Waals surface area contributed by atoms with Crippen LogP contribution in [0.3, 0.4) is 0 Å². The van der Waals surface area contributed by atoms with E-state index in [4.69, 9.17) is 17.3 Å². The minimum atomic E-state index is -0.716. The Morgan fingerprint density at radius 3 is 2.37 bits per heavy atom. The number of benzene rings is 2. The van der Waals surface area contributed by atoms with E-state index < -0.39 is 11.6 Å². The Hall–Kier alpha value is -1.81. The second-order valence-electron chi connectivity index (χ2n) is 4.28. The van der Waals surface area contributed by atoms with Gasteiger partial charge in [0.25, 0.3) is 0 Å². The van der Waals surface area contributed by atoms with E-state index in [1.54, 1.807) is 25.1 Å². The molecular weight excluding hydrogens is 270 g/mol. The van der Waals surface area contributed by atoms with Crippen molar-refractivity contribution in [1.29, 1.82) is 0 Å². The van der Waals surface area contributed by atoms with Crippen LogP contribution >= 0.6 is 11.6 Å². The highest BCUT2D eigenvalue weighted by molar-refractivity contribution is 6.30. The van der Waals surface area contributed by atoms with Crippen LogP contribution in [-0.4, -0.2) is 0 Å². The average Bonchev–Trinajstić information content (AvgIpc) is 2.33. The van der Waals surface area contributed by atoms with Gasteiger partial charge >= 0.3 is 0 Å². The maximum absolute atomic E-state index is 13.7. The van der Waals surface area contributed by atoms with Crippen molar-refractivity contribution in [2.75, 3.05) is 11.1 Å². The van der Waals surface area contributed by atoms with E-state index in [9.17, 15) is 8.78 Å². The Balaban J connectivity index is 2.26. The molecule has 100 valence electrons. The van der Waals surface area contributed by atoms with E-state index in [0.717, 1.165) is 17.7 Å². The summed E-state index contributed by atoms with van der Waals surface area (Å²) in [4.78, 5) is 0. The summed E-state index contributed by atoms with van der Waals surface area (Å²) in [5.41, 5.74) is 6.06. The van der Waals surface area contributed by atoms with Crippen LogP contribution < -0.4 is 11.1 Å². The third-order valence-corrected chi connectivity index (χ3v) is 3.01. The molecule has 0 bridgehead atoms. The molecule has 0 spiro atoms. The maximum atomic E-state index is 13.7. The van der Waals surface area contributed by atoms with Crippen LogP contribution in [0, 0.1) is 11.6 Å². The van der Waals surface area contributed by atoms with E-state index in [1.165, 1.54) is 0 Å². The fourth-order valence-electron chi connectivity index (χ4n) is 1.81. The molecule has 1 atom stereocenters. The fourth-order valence-corrected chi connectivity index (χ4v) is 2.01. The summed E-state index contributed by atoms with van der Waals surface area (Å²) >= 11 is 5.88. The topological polar surface area (TPSA) is 38.0 Å². The van der Waals surface area contributed by atoms with Gasteiger partial charge in [-0.25, -0.2) is 8.78 Å². The van der Waals surface area contributed by atoms with Crippen molar-refractivity contribution in [3.8, 4) is 0 Å². The monoisotopic (exact) mass is 282 g/mol. The lowest BCUT2D eigenvalue weighted by Gasteiger charge is -2.17. The van der Waals surface area contributed by atoms with Crippen LogP contribution in [0.5, 0.6) is 0 Å². The third kappa shape index (κ3) is 3.15. The van der Waals surface area contributed by atoms with Crippen LogP contribution in [0.4, 0.5) is 20.2 Å². The Bertz CT molecular complexity index is 579. The van der Waals surface area contributed by atoms with Crippen molar-refractivity contribution in [1.82, 2.24) is 0 Å². The lowest BCUT2D eigenvalue weighted by Crippen LogP contribution is -2.10. The number of nitrogens with two attached hydrogens (primary N) is 1. The average molecular weight is 283 g/mol. The van der Waals surface area contributed by atoms with Crippen molar-refractivity contribution in [3.63, 3.8) is 0 Å². The Kier molecular flexibility index (Phi) is 3.90. The molecule has 0 saturated carbocycles. The van der Waals surface area contributed by atoms with Crippen molar-refractivity contribution in [2.24, 2.45) is 0 Å². The van der Waals surface area contributed by atoms with Gasteiger partial charge in [0.1, 0.15) is 5.69 Å². The molecule has 0 heterocycles. The number of halogens is 3. The zero-order valence-corrected chi connectivity index (χ0v) is 11.0. The molecule has 2 aromatic rings. The number of rotatable bonds is 3. The van der Waals surface area contributed by atoms with Crippen molar-refractivity contribution < 1.29 is 8.78 Å². The maximum Gasteiger partial charge on any atom is 0.151 e. The number of nitrogen functional groups attached to an aromatic ring is 1. The highest BCUT2D eigenvalue weighted by Gasteiger charge is 2.14. The van der Waals surface area contributed by atoms with Gasteiger partial charge in [-0.3, -0.25) is 0 Å². The lowest BCUT2D eigenvalue weighted by atomic mass is 10.1. The smallest absolute Gasteiger partial charge is 0.151 e. The van der Waals surface area contributed by atoms with Gasteiger partial charge in [-0.2, -0.15) is 0 Å². The predicted molar refractivity (Wildman–Crippen MR) is 74.3 cm³/mol. The van der Waals surface area contributed by atoms with Gasteiger partial charge < -0.3 is 11.1 Å². The predicted octanol–water partition coefficient (Wildman–Crippen LogP) is 4.37. The first-order valence-corrected chi connectivity index (χ1v) is 6.11. The van der Waals surface area contributed by atoms with Crippen LogP contribution in [0.15, 0.2) is 36.4 Å².